The van der Waals surface area contributed by atoms with Crippen molar-refractivity contribution in [1.82, 2.24) is 10.2 Å². The second kappa shape index (κ2) is 5.59. The molecule has 0 radical (unpaired) electrons. The highest BCUT2D eigenvalue weighted by Gasteiger charge is 2.22. The second-order valence-electron chi connectivity index (χ2n) is 4.05. The quantitative estimate of drug-likeness (QED) is 0.858. The van der Waals surface area contributed by atoms with Crippen LogP contribution in [0.25, 0.3) is 0 Å². The summed E-state index contributed by atoms with van der Waals surface area (Å²) in [7, 11) is 0. The molecule has 0 atom stereocenters. The molecular weight excluding hydrogens is 275 g/mol. The maximum absolute atomic E-state index is 12.3. The lowest BCUT2D eigenvalue weighted by atomic mass is 10.2. The van der Waals surface area contributed by atoms with E-state index in [1.165, 1.54) is 11.0 Å². The topological polar surface area (TPSA) is 49.4 Å². The van der Waals surface area contributed by atoms with Crippen molar-refractivity contribution < 1.29 is 9.59 Å². The Hall–Kier alpha value is -1.26. The van der Waals surface area contributed by atoms with Crippen LogP contribution in [0.5, 0.6) is 0 Å². The molecule has 1 aliphatic heterocycles. The smallest absolute Gasteiger partial charge is 0.255 e. The molecule has 96 valence electrons. The predicted octanol–water partition coefficient (Wildman–Crippen LogP) is 1.96. The third-order valence-electron chi connectivity index (χ3n) is 2.71. The van der Waals surface area contributed by atoms with Gasteiger partial charge in [0.25, 0.3) is 5.91 Å². The average Bonchev–Trinajstić information content (AvgIpc) is 2.56. The minimum atomic E-state index is -0.264. The van der Waals surface area contributed by atoms with E-state index >= 15 is 0 Å². The van der Waals surface area contributed by atoms with Gasteiger partial charge in [0.15, 0.2) is 0 Å². The van der Waals surface area contributed by atoms with Crippen molar-refractivity contribution in [3.63, 3.8) is 0 Å². The van der Waals surface area contributed by atoms with E-state index in [0.29, 0.717) is 28.7 Å². The average molecular weight is 287 g/mol. The molecule has 1 saturated heterocycles. The number of carbonyl (C=O) groups is 2. The highest BCUT2D eigenvalue weighted by Crippen LogP contribution is 2.22. The molecule has 18 heavy (non-hydrogen) atoms. The normalized spacial score (nSPS) is 16.1. The Morgan fingerprint density at radius 2 is 2.11 bits per heavy atom. The monoisotopic (exact) mass is 286 g/mol. The first kappa shape index (κ1) is 13.2. The summed E-state index contributed by atoms with van der Waals surface area (Å²) in [5.74, 6) is -0.418. The van der Waals surface area contributed by atoms with Crippen LogP contribution in [0.2, 0.25) is 10.0 Å². The van der Waals surface area contributed by atoms with Crippen molar-refractivity contribution >= 4 is 35.0 Å². The van der Waals surface area contributed by atoms with Crippen LogP contribution in [0, 0.1) is 0 Å². The molecule has 6 heteroatoms. The van der Waals surface area contributed by atoms with Gasteiger partial charge in [0.2, 0.25) is 5.91 Å². The van der Waals surface area contributed by atoms with E-state index in [9.17, 15) is 9.59 Å². The largest absolute Gasteiger partial charge is 0.354 e. The summed E-state index contributed by atoms with van der Waals surface area (Å²) in [6, 6.07) is 4.72. The van der Waals surface area contributed by atoms with E-state index in [1.807, 2.05) is 0 Å². The molecule has 1 N–H and O–H groups in total. The first-order valence-corrected chi connectivity index (χ1v) is 6.34. The Labute approximate surface area is 115 Å². The number of amides is 2. The first-order chi connectivity index (χ1) is 8.58. The van der Waals surface area contributed by atoms with Crippen LogP contribution < -0.4 is 5.32 Å². The minimum absolute atomic E-state index is 0.0572. The Balaban J connectivity index is 2.24. The molecule has 2 rings (SSSR count). The van der Waals surface area contributed by atoms with Gasteiger partial charge in [0.1, 0.15) is 0 Å². The summed E-state index contributed by atoms with van der Waals surface area (Å²) in [4.78, 5) is 25.2. The first-order valence-electron chi connectivity index (χ1n) is 5.59. The molecule has 2 amide bonds. The Bertz CT molecular complexity index is 491. The number of hydrogen-bond acceptors (Lipinski definition) is 2. The second-order valence-corrected chi connectivity index (χ2v) is 4.90. The molecule has 0 aromatic heterocycles. The molecule has 1 aliphatic rings. The number of nitrogens with zero attached hydrogens (tertiary/aromatic N) is 1. The Morgan fingerprint density at radius 1 is 1.33 bits per heavy atom. The van der Waals surface area contributed by atoms with E-state index in [4.69, 9.17) is 23.2 Å². The zero-order valence-electron chi connectivity index (χ0n) is 9.58. The van der Waals surface area contributed by atoms with E-state index in [2.05, 4.69) is 5.32 Å². The van der Waals surface area contributed by atoms with Gasteiger partial charge in [-0.05, 0) is 24.6 Å². The van der Waals surface area contributed by atoms with Crippen LogP contribution in [0.15, 0.2) is 18.2 Å². The van der Waals surface area contributed by atoms with Gasteiger partial charge in [-0.25, -0.2) is 0 Å². The highest BCUT2D eigenvalue weighted by molar-refractivity contribution is 6.35. The Kier molecular flexibility index (Phi) is 4.09. The van der Waals surface area contributed by atoms with Crippen LogP contribution in [0.1, 0.15) is 16.8 Å². The van der Waals surface area contributed by atoms with Crippen LogP contribution in [-0.4, -0.2) is 36.3 Å². The van der Waals surface area contributed by atoms with Gasteiger partial charge in [-0.2, -0.15) is 0 Å². The molecule has 0 saturated carbocycles. The number of carbonyl (C=O) groups excluding carboxylic acids is 2. The van der Waals surface area contributed by atoms with Gasteiger partial charge < -0.3 is 10.2 Å². The molecule has 1 aromatic rings. The van der Waals surface area contributed by atoms with Crippen molar-refractivity contribution in [3.05, 3.63) is 33.8 Å². The van der Waals surface area contributed by atoms with Crippen molar-refractivity contribution in [3.8, 4) is 0 Å². The van der Waals surface area contributed by atoms with Gasteiger partial charge in [-0.15, -0.1) is 0 Å². The number of benzene rings is 1. The third kappa shape index (κ3) is 2.94. The van der Waals surface area contributed by atoms with Crippen LogP contribution in [-0.2, 0) is 4.79 Å². The Morgan fingerprint density at radius 3 is 2.89 bits per heavy atom. The SMILES string of the molecule is O=C1CN(C(=O)c2cc(Cl)ccc2Cl)CCCN1. The predicted molar refractivity (Wildman–Crippen MR) is 70.0 cm³/mol. The number of hydrogen-bond donors (Lipinski definition) is 1. The molecule has 0 spiro atoms. The summed E-state index contributed by atoms with van der Waals surface area (Å²) in [5.41, 5.74) is 0.332. The lowest BCUT2D eigenvalue weighted by molar-refractivity contribution is -0.121. The summed E-state index contributed by atoms with van der Waals surface area (Å²) >= 11 is 11.8. The molecule has 1 fully saturated rings. The molecular formula is C12H12Cl2N2O2. The lowest BCUT2D eigenvalue weighted by Gasteiger charge is -2.19. The lowest BCUT2D eigenvalue weighted by Crippen LogP contribution is -2.37. The fraction of sp³-hybridized carbons (Fsp3) is 0.333. The highest BCUT2D eigenvalue weighted by atomic mass is 35.5. The minimum Gasteiger partial charge on any atom is -0.354 e. The van der Waals surface area contributed by atoms with Crippen molar-refractivity contribution in [2.75, 3.05) is 19.6 Å². The van der Waals surface area contributed by atoms with Crippen molar-refractivity contribution in [2.45, 2.75) is 6.42 Å². The van der Waals surface area contributed by atoms with E-state index < -0.39 is 0 Å². The van der Waals surface area contributed by atoms with Gasteiger partial charge in [-0.1, -0.05) is 23.2 Å². The fourth-order valence-corrected chi connectivity index (χ4v) is 2.18. The van der Waals surface area contributed by atoms with Gasteiger partial charge in [0, 0.05) is 18.1 Å². The number of nitrogens with one attached hydrogen (secondary N) is 1. The van der Waals surface area contributed by atoms with Gasteiger partial charge >= 0.3 is 0 Å². The number of rotatable bonds is 1. The third-order valence-corrected chi connectivity index (χ3v) is 3.27. The summed E-state index contributed by atoms with van der Waals surface area (Å²) in [6.07, 6.45) is 0.732. The van der Waals surface area contributed by atoms with Gasteiger partial charge in [0.05, 0.1) is 17.1 Å². The van der Waals surface area contributed by atoms with Crippen molar-refractivity contribution in [1.29, 1.82) is 0 Å². The maximum atomic E-state index is 12.3. The maximum Gasteiger partial charge on any atom is 0.255 e. The molecule has 1 heterocycles. The number of halogens is 2. The molecule has 1 aromatic carbocycles. The van der Waals surface area contributed by atoms with Gasteiger partial charge in [-0.3, -0.25) is 9.59 Å². The van der Waals surface area contributed by atoms with Crippen LogP contribution in [0.4, 0.5) is 0 Å². The molecule has 4 nitrogen and oxygen atoms in total. The zero-order chi connectivity index (χ0) is 13.1. The van der Waals surface area contributed by atoms with E-state index in [0.717, 1.165) is 6.42 Å². The molecule has 0 bridgehead atoms. The van der Waals surface area contributed by atoms with Crippen molar-refractivity contribution in [2.24, 2.45) is 0 Å². The summed E-state index contributed by atoms with van der Waals surface area (Å²) in [6.45, 7) is 1.17. The molecule has 0 aliphatic carbocycles. The fourth-order valence-electron chi connectivity index (χ4n) is 1.81. The molecule has 0 unspecified atom stereocenters. The van der Waals surface area contributed by atoms with Crippen LogP contribution >= 0.6 is 23.2 Å². The van der Waals surface area contributed by atoms with E-state index in [1.54, 1.807) is 12.1 Å². The summed E-state index contributed by atoms with van der Waals surface area (Å²) in [5, 5.41) is 3.50. The zero-order valence-corrected chi connectivity index (χ0v) is 11.1. The standard InChI is InChI=1S/C12H12Cl2N2O2/c13-8-2-3-10(14)9(6-8)12(18)16-5-1-4-15-11(17)7-16/h2-3,6H,1,4-5,7H2,(H,15,17). The summed E-state index contributed by atoms with van der Waals surface area (Å²) < 4.78 is 0. The van der Waals surface area contributed by atoms with Crippen LogP contribution in [0.3, 0.4) is 0 Å². The van der Waals surface area contributed by atoms with E-state index in [-0.39, 0.29) is 18.4 Å².